The van der Waals surface area contributed by atoms with Crippen molar-refractivity contribution in [3.63, 3.8) is 0 Å². The summed E-state index contributed by atoms with van der Waals surface area (Å²) in [6.45, 7) is 4.09. The smallest absolute Gasteiger partial charge is 0.119 e. The van der Waals surface area contributed by atoms with Crippen molar-refractivity contribution in [1.82, 2.24) is 10.2 Å². The summed E-state index contributed by atoms with van der Waals surface area (Å²) in [5, 5.41) is 22.1. The van der Waals surface area contributed by atoms with Gasteiger partial charge in [0.05, 0.1) is 0 Å². The highest BCUT2D eigenvalue weighted by Crippen LogP contribution is 2.28. The van der Waals surface area contributed by atoms with Gasteiger partial charge in [-0.25, -0.2) is 0 Å². The molecule has 0 aromatic heterocycles. The monoisotopic (exact) mass is 222 g/mol. The van der Waals surface area contributed by atoms with E-state index in [-0.39, 0.29) is 17.5 Å². The molecule has 4 heteroatoms. The standard InChI is InChI=1S/C12H18N2O2/c1-8(14(2)10-6-13-7-10)9-3-11(15)5-12(16)4-9/h3-5,8,10,13,15-16H,6-7H2,1-2H3. The van der Waals surface area contributed by atoms with E-state index in [4.69, 9.17) is 0 Å². The van der Waals surface area contributed by atoms with E-state index in [1.807, 2.05) is 0 Å². The molecule has 3 N–H and O–H groups in total. The average molecular weight is 222 g/mol. The number of aromatic hydroxyl groups is 2. The Bertz CT molecular complexity index is 357. The van der Waals surface area contributed by atoms with Gasteiger partial charge in [-0.1, -0.05) is 0 Å². The summed E-state index contributed by atoms with van der Waals surface area (Å²) >= 11 is 0. The fraction of sp³-hybridized carbons (Fsp3) is 0.500. The summed E-state index contributed by atoms with van der Waals surface area (Å²) in [6, 6.07) is 5.48. The molecule has 1 atom stereocenters. The molecule has 0 saturated carbocycles. The number of benzene rings is 1. The molecule has 16 heavy (non-hydrogen) atoms. The molecule has 1 unspecified atom stereocenters. The summed E-state index contributed by atoms with van der Waals surface area (Å²) in [5.41, 5.74) is 0.937. The van der Waals surface area contributed by atoms with Crippen molar-refractivity contribution in [1.29, 1.82) is 0 Å². The molecule has 88 valence electrons. The summed E-state index contributed by atoms with van der Waals surface area (Å²) < 4.78 is 0. The second-order valence-corrected chi connectivity index (χ2v) is 4.44. The normalized spacial score (nSPS) is 18.4. The first-order valence-electron chi connectivity index (χ1n) is 5.53. The molecule has 0 spiro atoms. The van der Waals surface area contributed by atoms with E-state index in [9.17, 15) is 10.2 Å². The number of nitrogens with zero attached hydrogens (tertiary/aromatic N) is 1. The summed E-state index contributed by atoms with van der Waals surface area (Å²) in [5.74, 6) is 0.226. The minimum atomic E-state index is 0.113. The first-order valence-corrected chi connectivity index (χ1v) is 5.53. The van der Waals surface area contributed by atoms with Gasteiger partial charge in [-0.2, -0.15) is 0 Å². The van der Waals surface area contributed by atoms with E-state index in [1.54, 1.807) is 12.1 Å². The third kappa shape index (κ3) is 2.13. The Morgan fingerprint density at radius 1 is 1.25 bits per heavy atom. The zero-order chi connectivity index (χ0) is 11.7. The van der Waals surface area contributed by atoms with Gasteiger partial charge in [-0.3, -0.25) is 4.90 Å². The van der Waals surface area contributed by atoms with Crippen molar-refractivity contribution in [2.45, 2.75) is 19.0 Å². The van der Waals surface area contributed by atoms with Gasteiger partial charge in [0.25, 0.3) is 0 Å². The van der Waals surface area contributed by atoms with Gasteiger partial charge < -0.3 is 15.5 Å². The van der Waals surface area contributed by atoms with Crippen LogP contribution in [0.2, 0.25) is 0 Å². The average Bonchev–Trinajstić information content (AvgIpc) is 2.12. The zero-order valence-electron chi connectivity index (χ0n) is 9.64. The Morgan fingerprint density at radius 3 is 2.25 bits per heavy atom. The van der Waals surface area contributed by atoms with Crippen molar-refractivity contribution in [2.24, 2.45) is 0 Å². The Kier molecular flexibility index (Phi) is 3.03. The minimum Gasteiger partial charge on any atom is -0.508 e. The fourth-order valence-electron chi connectivity index (χ4n) is 1.97. The Balaban J connectivity index is 2.15. The molecule has 1 heterocycles. The molecule has 0 aliphatic carbocycles. The summed E-state index contributed by atoms with van der Waals surface area (Å²) in [6.07, 6.45) is 0. The summed E-state index contributed by atoms with van der Waals surface area (Å²) in [7, 11) is 2.07. The molecule has 1 saturated heterocycles. The van der Waals surface area contributed by atoms with Crippen molar-refractivity contribution >= 4 is 0 Å². The highest BCUT2D eigenvalue weighted by atomic mass is 16.3. The van der Waals surface area contributed by atoms with Gasteiger partial charge in [-0.05, 0) is 31.7 Å². The van der Waals surface area contributed by atoms with Crippen LogP contribution in [-0.2, 0) is 0 Å². The maximum Gasteiger partial charge on any atom is 0.119 e. The van der Waals surface area contributed by atoms with E-state index in [2.05, 4.69) is 24.2 Å². The van der Waals surface area contributed by atoms with E-state index in [0.29, 0.717) is 6.04 Å². The van der Waals surface area contributed by atoms with E-state index in [1.165, 1.54) is 6.07 Å². The van der Waals surface area contributed by atoms with E-state index in [0.717, 1.165) is 18.7 Å². The van der Waals surface area contributed by atoms with Crippen LogP contribution in [0, 0.1) is 0 Å². The zero-order valence-corrected chi connectivity index (χ0v) is 9.64. The SMILES string of the molecule is CC(c1cc(O)cc(O)c1)N(C)C1CNC1. The molecule has 0 bridgehead atoms. The largest absolute Gasteiger partial charge is 0.508 e. The maximum absolute atomic E-state index is 9.44. The van der Waals surface area contributed by atoms with Gasteiger partial charge in [0.2, 0.25) is 0 Å². The van der Waals surface area contributed by atoms with Crippen LogP contribution >= 0.6 is 0 Å². The lowest BCUT2D eigenvalue weighted by atomic mass is 10.0. The van der Waals surface area contributed by atoms with Crippen LogP contribution in [0.5, 0.6) is 11.5 Å². The van der Waals surface area contributed by atoms with Gasteiger partial charge in [-0.15, -0.1) is 0 Å². The lowest BCUT2D eigenvalue weighted by molar-refractivity contribution is 0.136. The van der Waals surface area contributed by atoms with Crippen LogP contribution in [0.1, 0.15) is 18.5 Å². The number of rotatable bonds is 3. The van der Waals surface area contributed by atoms with Crippen LogP contribution in [0.25, 0.3) is 0 Å². The van der Waals surface area contributed by atoms with E-state index >= 15 is 0 Å². The molecule has 1 aromatic rings. The van der Waals surface area contributed by atoms with Gasteiger partial charge >= 0.3 is 0 Å². The molecule has 2 rings (SSSR count). The number of phenolic OH excluding ortho intramolecular Hbond substituents is 2. The number of hydrogen-bond donors (Lipinski definition) is 3. The second kappa shape index (κ2) is 4.31. The second-order valence-electron chi connectivity index (χ2n) is 4.44. The third-order valence-electron chi connectivity index (χ3n) is 3.35. The van der Waals surface area contributed by atoms with Crippen molar-refractivity contribution in [3.8, 4) is 11.5 Å². The Hall–Kier alpha value is -1.26. The highest BCUT2D eigenvalue weighted by molar-refractivity contribution is 5.38. The van der Waals surface area contributed by atoms with Crippen LogP contribution in [-0.4, -0.2) is 41.3 Å². The van der Waals surface area contributed by atoms with Gasteiger partial charge in [0.15, 0.2) is 0 Å². The van der Waals surface area contributed by atoms with Crippen molar-refractivity contribution in [2.75, 3.05) is 20.1 Å². The van der Waals surface area contributed by atoms with Crippen molar-refractivity contribution in [3.05, 3.63) is 23.8 Å². The van der Waals surface area contributed by atoms with E-state index < -0.39 is 0 Å². The topological polar surface area (TPSA) is 55.7 Å². The fourth-order valence-corrected chi connectivity index (χ4v) is 1.97. The first-order chi connectivity index (χ1) is 7.58. The molecule has 0 amide bonds. The molecule has 1 aliphatic rings. The molecule has 1 fully saturated rings. The number of hydrogen-bond acceptors (Lipinski definition) is 4. The predicted octanol–water partition coefficient (Wildman–Crippen LogP) is 1.06. The first kappa shape index (κ1) is 11.2. The molecule has 1 aliphatic heterocycles. The minimum absolute atomic E-state index is 0.113. The van der Waals surface area contributed by atoms with Crippen LogP contribution in [0.15, 0.2) is 18.2 Å². The Labute approximate surface area is 95.5 Å². The molecular weight excluding hydrogens is 204 g/mol. The number of likely N-dealkylation sites (N-methyl/N-ethyl adjacent to an activating group) is 1. The molecular formula is C12H18N2O2. The lowest BCUT2D eigenvalue weighted by Crippen LogP contribution is -2.56. The predicted molar refractivity (Wildman–Crippen MR) is 62.6 cm³/mol. The summed E-state index contributed by atoms with van der Waals surface area (Å²) in [4.78, 5) is 2.25. The lowest BCUT2D eigenvalue weighted by Gasteiger charge is -2.39. The molecule has 0 radical (unpaired) electrons. The maximum atomic E-state index is 9.44. The number of phenols is 2. The van der Waals surface area contributed by atoms with Gasteiger partial charge in [0.1, 0.15) is 11.5 Å². The van der Waals surface area contributed by atoms with Crippen LogP contribution in [0.4, 0.5) is 0 Å². The van der Waals surface area contributed by atoms with Crippen molar-refractivity contribution < 1.29 is 10.2 Å². The van der Waals surface area contributed by atoms with Crippen LogP contribution in [0.3, 0.4) is 0 Å². The third-order valence-corrected chi connectivity index (χ3v) is 3.35. The Morgan fingerprint density at radius 2 is 1.81 bits per heavy atom. The quantitative estimate of drug-likeness (QED) is 0.716. The molecule has 4 nitrogen and oxygen atoms in total. The van der Waals surface area contributed by atoms with Gasteiger partial charge in [0, 0.05) is 31.2 Å². The van der Waals surface area contributed by atoms with Crippen LogP contribution < -0.4 is 5.32 Å². The number of nitrogens with one attached hydrogen (secondary N) is 1. The highest BCUT2D eigenvalue weighted by Gasteiger charge is 2.26. The molecule has 1 aromatic carbocycles.